The largest absolute Gasteiger partial charge is 0.418 e. The molecule has 19 heavy (non-hydrogen) atoms. The van der Waals surface area contributed by atoms with Crippen LogP contribution in [0.3, 0.4) is 0 Å². The number of anilines is 1. The molecule has 1 aromatic rings. The molecule has 1 atom stereocenters. The van der Waals surface area contributed by atoms with Crippen molar-refractivity contribution in [2.45, 2.75) is 26.1 Å². The average Bonchev–Trinajstić information content (AvgIpc) is 2.30. The molecule has 0 saturated heterocycles. The summed E-state index contributed by atoms with van der Waals surface area (Å²) in [6.07, 6.45) is -5.43. The molecule has 1 N–H and O–H groups in total. The van der Waals surface area contributed by atoms with Crippen LogP contribution in [0.4, 0.5) is 18.9 Å². The first-order chi connectivity index (χ1) is 8.75. The minimum absolute atomic E-state index is 0.0526. The van der Waals surface area contributed by atoms with Crippen LogP contribution in [0.5, 0.6) is 0 Å². The maximum absolute atomic E-state index is 12.8. The third-order valence-corrected chi connectivity index (χ3v) is 2.57. The second kappa shape index (κ2) is 6.25. The van der Waals surface area contributed by atoms with Gasteiger partial charge in [0.05, 0.1) is 11.3 Å². The van der Waals surface area contributed by atoms with Gasteiger partial charge in [-0.2, -0.15) is 13.2 Å². The summed E-state index contributed by atoms with van der Waals surface area (Å²) in [5.41, 5.74) is -1.33. The van der Waals surface area contributed by atoms with Crippen molar-refractivity contribution in [2.24, 2.45) is 0 Å². The Morgan fingerprint density at radius 1 is 1.47 bits per heavy atom. The van der Waals surface area contributed by atoms with Crippen molar-refractivity contribution in [3.8, 4) is 0 Å². The van der Waals surface area contributed by atoms with E-state index in [1.54, 1.807) is 6.92 Å². The molecule has 0 saturated carbocycles. The highest BCUT2D eigenvalue weighted by molar-refractivity contribution is 6.30. The van der Waals surface area contributed by atoms with E-state index in [9.17, 15) is 18.0 Å². The Kier molecular flexibility index (Phi) is 5.20. The molecule has 0 heterocycles. The first-order valence-electron chi connectivity index (χ1n) is 5.55. The van der Waals surface area contributed by atoms with Crippen LogP contribution in [0.25, 0.3) is 0 Å². The second-order valence-electron chi connectivity index (χ2n) is 3.77. The zero-order chi connectivity index (χ0) is 14.6. The Morgan fingerprint density at radius 3 is 2.63 bits per heavy atom. The highest BCUT2D eigenvalue weighted by atomic mass is 35.5. The van der Waals surface area contributed by atoms with Crippen LogP contribution in [0.1, 0.15) is 19.4 Å². The fraction of sp³-hybridized carbons (Fsp3) is 0.417. The number of alkyl halides is 3. The quantitative estimate of drug-likeness (QED) is 0.919. The highest BCUT2D eigenvalue weighted by Crippen LogP contribution is 2.36. The molecule has 7 heteroatoms. The smallest absolute Gasteiger partial charge is 0.369 e. The van der Waals surface area contributed by atoms with Crippen molar-refractivity contribution in [3.63, 3.8) is 0 Å². The molecule has 1 aromatic carbocycles. The van der Waals surface area contributed by atoms with Gasteiger partial charge in [-0.3, -0.25) is 4.79 Å². The Labute approximate surface area is 113 Å². The van der Waals surface area contributed by atoms with Crippen LogP contribution in [0.15, 0.2) is 18.2 Å². The third-order valence-electron chi connectivity index (χ3n) is 2.33. The number of amides is 1. The van der Waals surface area contributed by atoms with E-state index in [4.69, 9.17) is 16.3 Å². The number of benzene rings is 1. The van der Waals surface area contributed by atoms with E-state index < -0.39 is 23.8 Å². The van der Waals surface area contributed by atoms with E-state index in [2.05, 4.69) is 5.32 Å². The van der Waals surface area contributed by atoms with Gasteiger partial charge < -0.3 is 10.1 Å². The van der Waals surface area contributed by atoms with Gasteiger partial charge in [0, 0.05) is 11.6 Å². The molecule has 0 aromatic heterocycles. The number of nitrogens with one attached hydrogen (secondary N) is 1. The molecule has 0 radical (unpaired) electrons. The first kappa shape index (κ1) is 15.8. The molecule has 0 fully saturated rings. The number of carbonyl (C=O) groups is 1. The van der Waals surface area contributed by atoms with Gasteiger partial charge in [0.2, 0.25) is 0 Å². The second-order valence-corrected chi connectivity index (χ2v) is 4.21. The van der Waals surface area contributed by atoms with E-state index in [1.165, 1.54) is 13.0 Å². The minimum atomic E-state index is -4.59. The van der Waals surface area contributed by atoms with Crippen LogP contribution in [0.2, 0.25) is 5.02 Å². The summed E-state index contributed by atoms with van der Waals surface area (Å²) in [4.78, 5) is 11.6. The van der Waals surface area contributed by atoms with Crippen molar-refractivity contribution in [3.05, 3.63) is 28.8 Å². The Morgan fingerprint density at radius 2 is 2.11 bits per heavy atom. The van der Waals surface area contributed by atoms with E-state index in [1.807, 2.05) is 0 Å². The summed E-state index contributed by atoms with van der Waals surface area (Å²) < 4.78 is 43.4. The van der Waals surface area contributed by atoms with E-state index in [-0.39, 0.29) is 10.7 Å². The van der Waals surface area contributed by atoms with Crippen molar-refractivity contribution in [1.82, 2.24) is 0 Å². The molecule has 0 spiro atoms. The minimum Gasteiger partial charge on any atom is -0.369 e. The van der Waals surface area contributed by atoms with E-state index in [0.29, 0.717) is 6.61 Å². The lowest BCUT2D eigenvalue weighted by molar-refractivity contribution is -0.137. The molecule has 3 nitrogen and oxygen atoms in total. The standard InChI is InChI=1S/C12H13ClF3NO2/c1-3-19-7(2)11(18)17-10-5-4-8(13)6-9(10)12(14,15)16/h4-7H,3H2,1-2H3,(H,17,18). The number of ether oxygens (including phenoxy) is 1. The Bertz CT molecular complexity index is 463. The van der Waals surface area contributed by atoms with Crippen molar-refractivity contribution in [2.75, 3.05) is 11.9 Å². The lowest BCUT2D eigenvalue weighted by Gasteiger charge is -2.16. The predicted octanol–water partition coefficient (Wildman–Crippen LogP) is 3.72. The maximum atomic E-state index is 12.8. The molecular formula is C12H13ClF3NO2. The van der Waals surface area contributed by atoms with Crippen LogP contribution in [0, 0.1) is 0 Å². The zero-order valence-corrected chi connectivity index (χ0v) is 11.1. The molecule has 0 bridgehead atoms. The van der Waals surface area contributed by atoms with E-state index >= 15 is 0 Å². The monoisotopic (exact) mass is 295 g/mol. The van der Waals surface area contributed by atoms with Gasteiger partial charge in [-0.25, -0.2) is 0 Å². The van der Waals surface area contributed by atoms with Crippen molar-refractivity contribution in [1.29, 1.82) is 0 Å². The molecule has 0 aliphatic heterocycles. The zero-order valence-electron chi connectivity index (χ0n) is 10.3. The van der Waals surface area contributed by atoms with Crippen LogP contribution in [-0.4, -0.2) is 18.6 Å². The lowest BCUT2D eigenvalue weighted by atomic mass is 10.1. The summed E-state index contributed by atoms with van der Waals surface area (Å²) in [5.74, 6) is -0.644. The normalized spacial score (nSPS) is 13.2. The predicted molar refractivity (Wildman–Crippen MR) is 66.2 cm³/mol. The van der Waals surface area contributed by atoms with Crippen molar-refractivity contribution < 1.29 is 22.7 Å². The number of hydrogen-bond acceptors (Lipinski definition) is 2. The van der Waals surface area contributed by atoms with E-state index in [0.717, 1.165) is 12.1 Å². The SMILES string of the molecule is CCOC(C)C(=O)Nc1ccc(Cl)cc1C(F)(F)F. The summed E-state index contributed by atoms with van der Waals surface area (Å²) in [7, 11) is 0. The fourth-order valence-electron chi connectivity index (χ4n) is 1.42. The number of carbonyl (C=O) groups excluding carboxylic acids is 1. The Balaban J connectivity index is 2.98. The molecule has 106 valence electrons. The molecule has 1 unspecified atom stereocenters. The van der Waals surface area contributed by atoms with Gasteiger partial charge >= 0.3 is 6.18 Å². The maximum Gasteiger partial charge on any atom is 0.418 e. The van der Waals surface area contributed by atoms with Crippen LogP contribution in [-0.2, 0) is 15.7 Å². The Hall–Kier alpha value is -1.27. The fourth-order valence-corrected chi connectivity index (χ4v) is 1.59. The van der Waals surface area contributed by atoms with Crippen LogP contribution < -0.4 is 5.32 Å². The molecular weight excluding hydrogens is 283 g/mol. The summed E-state index contributed by atoms with van der Waals surface area (Å²) >= 11 is 5.53. The summed E-state index contributed by atoms with van der Waals surface area (Å²) in [5, 5.41) is 2.13. The number of rotatable bonds is 4. The van der Waals surface area contributed by atoms with Gasteiger partial charge in [0.15, 0.2) is 0 Å². The molecule has 0 aliphatic rings. The van der Waals surface area contributed by atoms with Gasteiger partial charge in [-0.15, -0.1) is 0 Å². The first-order valence-corrected chi connectivity index (χ1v) is 5.92. The van der Waals surface area contributed by atoms with Gasteiger partial charge in [-0.1, -0.05) is 11.6 Å². The summed E-state index contributed by atoms with van der Waals surface area (Å²) in [6.45, 7) is 3.44. The number of halogens is 4. The highest BCUT2D eigenvalue weighted by Gasteiger charge is 2.34. The third kappa shape index (κ3) is 4.40. The average molecular weight is 296 g/mol. The molecule has 1 amide bonds. The van der Waals surface area contributed by atoms with Crippen LogP contribution >= 0.6 is 11.6 Å². The lowest BCUT2D eigenvalue weighted by Crippen LogP contribution is -2.28. The molecule has 1 rings (SSSR count). The van der Waals surface area contributed by atoms with Gasteiger partial charge in [0.1, 0.15) is 6.10 Å². The topological polar surface area (TPSA) is 38.3 Å². The summed E-state index contributed by atoms with van der Waals surface area (Å²) in [6, 6.07) is 3.15. The van der Waals surface area contributed by atoms with Crippen molar-refractivity contribution >= 4 is 23.2 Å². The molecule has 0 aliphatic carbocycles. The van der Waals surface area contributed by atoms with Gasteiger partial charge in [-0.05, 0) is 32.0 Å². The number of hydrogen-bond donors (Lipinski definition) is 1. The van der Waals surface area contributed by atoms with Gasteiger partial charge in [0.25, 0.3) is 5.91 Å².